The number of carbonyl (C=O) groups is 2. The molecular weight excluding hydrogens is 300 g/mol. The van der Waals surface area contributed by atoms with Crippen LogP contribution in [0.5, 0.6) is 0 Å². The fourth-order valence-corrected chi connectivity index (χ4v) is 3.16. The van der Waals surface area contributed by atoms with E-state index in [2.05, 4.69) is 15.5 Å². The summed E-state index contributed by atoms with van der Waals surface area (Å²) >= 11 is 1.26. The molecule has 2 heterocycles. The fraction of sp³-hybridized carbons (Fsp3) is 0.333. The van der Waals surface area contributed by atoms with Gasteiger partial charge in [0.25, 0.3) is 11.8 Å². The molecule has 1 N–H and O–H groups in total. The Labute approximate surface area is 132 Å². The maximum atomic E-state index is 12.7. The van der Waals surface area contributed by atoms with Crippen molar-refractivity contribution in [1.82, 2.24) is 15.1 Å². The standard InChI is InChI=1S/C15H16N4O2S/c1-15(13(21)17-14-18-16-10-22-14)8-5-9-19(15)12(20)11-6-3-2-4-7-11/h2-4,6-7,10H,5,8-9H2,1H3,(H,17,18,21). The number of hydrogen-bond donors (Lipinski definition) is 1. The van der Waals surface area contributed by atoms with Crippen molar-refractivity contribution in [3.05, 3.63) is 41.4 Å². The highest BCUT2D eigenvalue weighted by atomic mass is 32.1. The SMILES string of the molecule is CC1(C(=O)Nc2nncs2)CCCN1C(=O)c1ccccc1. The van der Waals surface area contributed by atoms with Crippen LogP contribution in [0.25, 0.3) is 0 Å². The van der Waals surface area contributed by atoms with E-state index in [4.69, 9.17) is 0 Å². The van der Waals surface area contributed by atoms with E-state index in [1.54, 1.807) is 29.5 Å². The molecule has 7 heteroatoms. The Hall–Kier alpha value is -2.28. The molecule has 22 heavy (non-hydrogen) atoms. The summed E-state index contributed by atoms with van der Waals surface area (Å²) in [5.74, 6) is -0.334. The van der Waals surface area contributed by atoms with E-state index in [0.29, 0.717) is 23.7 Å². The summed E-state index contributed by atoms with van der Waals surface area (Å²) in [5.41, 5.74) is 1.29. The summed E-state index contributed by atoms with van der Waals surface area (Å²) in [6.45, 7) is 2.38. The van der Waals surface area contributed by atoms with Gasteiger partial charge in [0.1, 0.15) is 11.0 Å². The molecule has 2 aromatic rings. The van der Waals surface area contributed by atoms with E-state index < -0.39 is 5.54 Å². The molecule has 0 radical (unpaired) electrons. The number of rotatable bonds is 3. The van der Waals surface area contributed by atoms with Gasteiger partial charge >= 0.3 is 0 Å². The first-order chi connectivity index (χ1) is 10.6. The van der Waals surface area contributed by atoms with Crippen LogP contribution < -0.4 is 5.32 Å². The first kappa shape index (κ1) is 14.6. The van der Waals surface area contributed by atoms with Gasteiger partial charge in [0, 0.05) is 12.1 Å². The fourth-order valence-electron chi connectivity index (χ4n) is 2.72. The van der Waals surface area contributed by atoms with Crippen molar-refractivity contribution in [2.45, 2.75) is 25.3 Å². The highest BCUT2D eigenvalue weighted by molar-refractivity contribution is 7.13. The second-order valence-corrected chi connectivity index (χ2v) is 6.23. The zero-order valence-corrected chi connectivity index (χ0v) is 13.0. The van der Waals surface area contributed by atoms with Crippen LogP contribution in [0.1, 0.15) is 30.1 Å². The normalized spacial score (nSPS) is 20.9. The molecule has 2 amide bonds. The van der Waals surface area contributed by atoms with E-state index >= 15 is 0 Å². The van der Waals surface area contributed by atoms with Gasteiger partial charge < -0.3 is 4.90 Å². The Morgan fingerprint density at radius 1 is 1.32 bits per heavy atom. The van der Waals surface area contributed by atoms with Crippen LogP contribution in [-0.2, 0) is 4.79 Å². The van der Waals surface area contributed by atoms with Crippen molar-refractivity contribution in [2.24, 2.45) is 0 Å². The molecule has 114 valence electrons. The third-order valence-corrected chi connectivity index (χ3v) is 4.58. The highest BCUT2D eigenvalue weighted by Gasteiger charge is 2.46. The predicted molar refractivity (Wildman–Crippen MR) is 83.7 cm³/mol. The zero-order valence-electron chi connectivity index (χ0n) is 12.2. The third kappa shape index (κ3) is 2.59. The summed E-state index contributed by atoms with van der Waals surface area (Å²) in [4.78, 5) is 27.0. The first-order valence-electron chi connectivity index (χ1n) is 7.06. The van der Waals surface area contributed by atoms with Crippen LogP contribution >= 0.6 is 11.3 Å². The van der Waals surface area contributed by atoms with Gasteiger partial charge in [-0.25, -0.2) is 0 Å². The quantitative estimate of drug-likeness (QED) is 0.941. The van der Waals surface area contributed by atoms with Crippen LogP contribution in [0, 0.1) is 0 Å². The third-order valence-electron chi connectivity index (χ3n) is 3.98. The Morgan fingerprint density at radius 3 is 2.77 bits per heavy atom. The molecule has 1 aliphatic heterocycles. The minimum atomic E-state index is -0.863. The minimum absolute atomic E-state index is 0.118. The molecule has 1 unspecified atom stereocenters. The average Bonchev–Trinajstić information content (AvgIpc) is 3.18. The molecule has 0 saturated carbocycles. The Kier molecular flexibility index (Phi) is 3.89. The van der Waals surface area contributed by atoms with Gasteiger partial charge in [0.2, 0.25) is 5.13 Å². The minimum Gasteiger partial charge on any atom is -0.324 e. The van der Waals surface area contributed by atoms with E-state index in [9.17, 15) is 9.59 Å². The van der Waals surface area contributed by atoms with Crippen LogP contribution in [0.15, 0.2) is 35.8 Å². The Balaban J connectivity index is 1.82. The van der Waals surface area contributed by atoms with Crippen molar-refractivity contribution in [2.75, 3.05) is 11.9 Å². The lowest BCUT2D eigenvalue weighted by Gasteiger charge is -2.33. The number of likely N-dealkylation sites (tertiary alicyclic amines) is 1. The van der Waals surface area contributed by atoms with Gasteiger partial charge in [-0.3, -0.25) is 14.9 Å². The summed E-state index contributed by atoms with van der Waals surface area (Å²) in [5, 5.41) is 10.7. The van der Waals surface area contributed by atoms with Crippen molar-refractivity contribution in [1.29, 1.82) is 0 Å². The smallest absolute Gasteiger partial charge is 0.254 e. The number of anilines is 1. The van der Waals surface area contributed by atoms with Gasteiger partial charge in [-0.15, -0.1) is 10.2 Å². The molecule has 1 aromatic carbocycles. The van der Waals surface area contributed by atoms with Crippen molar-refractivity contribution < 1.29 is 9.59 Å². The van der Waals surface area contributed by atoms with Gasteiger partial charge in [-0.2, -0.15) is 0 Å². The lowest BCUT2D eigenvalue weighted by atomic mass is 9.97. The number of nitrogens with zero attached hydrogens (tertiary/aromatic N) is 3. The number of carbonyl (C=O) groups excluding carboxylic acids is 2. The van der Waals surface area contributed by atoms with E-state index in [1.807, 2.05) is 18.2 Å². The molecule has 3 rings (SSSR count). The summed E-state index contributed by atoms with van der Waals surface area (Å²) < 4.78 is 0. The first-order valence-corrected chi connectivity index (χ1v) is 7.94. The second-order valence-electron chi connectivity index (χ2n) is 5.40. The van der Waals surface area contributed by atoms with Crippen molar-refractivity contribution in [3.8, 4) is 0 Å². The van der Waals surface area contributed by atoms with Crippen molar-refractivity contribution >= 4 is 28.3 Å². The Bertz CT molecular complexity index is 674. The lowest BCUT2D eigenvalue weighted by Crippen LogP contribution is -2.53. The molecule has 1 saturated heterocycles. The van der Waals surface area contributed by atoms with Crippen LogP contribution in [0.2, 0.25) is 0 Å². The summed E-state index contributed by atoms with van der Waals surface area (Å²) in [6, 6.07) is 9.04. The molecule has 6 nitrogen and oxygen atoms in total. The predicted octanol–water partition coefficient (Wildman–Crippen LogP) is 2.17. The maximum absolute atomic E-state index is 12.7. The molecule has 0 aliphatic carbocycles. The molecule has 1 atom stereocenters. The average molecular weight is 316 g/mol. The van der Waals surface area contributed by atoms with E-state index in [-0.39, 0.29) is 11.8 Å². The number of amides is 2. The second kappa shape index (κ2) is 5.84. The van der Waals surface area contributed by atoms with Gasteiger partial charge in [0.05, 0.1) is 0 Å². The monoisotopic (exact) mass is 316 g/mol. The molecule has 1 aliphatic rings. The van der Waals surface area contributed by atoms with E-state index in [1.165, 1.54) is 11.3 Å². The lowest BCUT2D eigenvalue weighted by molar-refractivity contribution is -0.124. The molecule has 1 fully saturated rings. The molecular formula is C15H16N4O2S. The molecule has 0 bridgehead atoms. The van der Waals surface area contributed by atoms with Gasteiger partial charge in [-0.05, 0) is 31.9 Å². The van der Waals surface area contributed by atoms with E-state index in [0.717, 1.165) is 6.42 Å². The topological polar surface area (TPSA) is 75.2 Å². The number of hydrogen-bond acceptors (Lipinski definition) is 5. The number of aromatic nitrogens is 2. The Morgan fingerprint density at radius 2 is 2.09 bits per heavy atom. The van der Waals surface area contributed by atoms with Crippen molar-refractivity contribution in [3.63, 3.8) is 0 Å². The number of nitrogens with one attached hydrogen (secondary N) is 1. The van der Waals surface area contributed by atoms with Gasteiger partial charge in [-0.1, -0.05) is 29.5 Å². The summed E-state index contributed by atoms with van der Waals surface area (Å²) in [6.07, 6.45) is 1.44. The summed E-state index contributed by atoms with van der Waals surface area (Å²) in [7, 11) is 0. The van der Waals surface area contributed by atoms with Crippen LogP contribution in [0.4, 0.5) is 5.13 Å². The molecule has 0 spiro atoms. The highest BCUT2D eigenvalue weighted by Crippen LogP contribution is 2.32. The maximum Gasteiger partial charge on any atom is 0.254 e. The number of benzene rings is 1. The largest absolute Gasteiger partial charge is 0.324 e. The van der Waals surface area contributed by atoms with Crippen LogP contribution in [0.3, 0.4) is 0 Å². The molecule has 1 aromatic heterocycles. The van der Waals surface area contributed by atoms with Gasteiger partial charge in [0.15, 0.2) is 0 Å². The van der Waals surface area contributed by atoms with Crippen LogP contribution in [-0.4, -0.2) is 39.0 Å². The zero-order chi connectivity index (χ0) is 15.6.